The number of hydrogen-bond acceptors (Lipinski definition) is 7. The first-order valence-electron chi connectivity index (χ1n) is 24.6. The van der Waals surface area contributed by atoms with E-state index < -0.39 is 11.9 Å². The number of nitrogens with zero attached hydrogens (tertiary/aromatic N) is 3. The summed E-state index contributed by atoms with van der Waals surface area (Å²) in [6, 6.07) is 29.8. The van der Waals surface area contributed by atoms with Gasteiger partial charge in [0.25, 0.3) is 0 Å². The van der Waals surface area contributed by atoms with Crippen LogP contribution in [0.2, 0.25) is 0 Å². The predicted octanol–water partition coefficient (Wildman–Crippen LogP) is 7.08. The predicted molar refractivity (Wildman–Crippen MR) is 267 cm³/mol. The Hall–Kier alpha value is -7.33. The number of anilines is 1. The normalized spacial score (nSPS) is 15.2. The first kappa shape index (κ1) is 44.2. The molecule has 69 heavy (non-hydrogen) atoms. The number of benzene rings is 6. The quantitative estimate of drug-likeness (QED) is 0.0821. The molecular formula is C59H57N4O6+. The molecule has 0 atom stereocenters. The Morgan fingerprint density at radius 1 is 0.739 bits per heavy atom. The number of aromatic nitrogens is 1. The van der Waals surface area contributed by atoms with Crippen LogP contribution in [0.15, 0.2) is 91.0 Å². The van der Waals surface area contributed by atoms with E-state index >= 15 is 0 Å². The van der Waals surface area contributed by atoms with Crippen LogP contribution in [0.3, 0.4) is 0 Å². The molecule has 6 aromatic carbocycles. The number of pyridine rings is 1. The molecule has 1 N–H and O–H groups in total. The molecule has 0 bridgehead atoms. The number of esters is 1. The van der Waals surface area contributed by atoms with Gasteiger partial charge >= 0.3 is 5.97 Å². The summed E-state index contributed by atoms with van der Waals surface area (Å²) in [6.45, 7) is 12.2. The molecule has 1 aromatic heterocycles. The number of para-hydroxylation sites is 1. The van der Waals surface area contributed by atoms with Gasteiger partial charge in [0.15, 0.2) is 0 Å². The van der Waals surface area contributed by atoms with Crippen LogP contribution in [0.5, 0.6) is 17.2 Å². The lowest BCUT2D eigenvalue weighted by Gasteiger charge is -2.39. The molecule has 6 heterocycles. The Labute approximate surface area is 402 Å². The highest BCUT2D eigenvalue weighted by Crippen LogP contribution is 2.49. The van der Waals surface area contributed by atoms with Gasteiger partial charge in [-0.05, 0) is 111 Å². The van der Waals surface area contributed by atoms with Gasteiger partial charge in [-0.3, -0.25) is 4.79 Å². The molecule has 10 heteroatoms. The fraction of sp³-hybridized carbons (Fsp3) is 0.305. The van der Waals surface area contributed by atoms with Gasteiger partial charge < -0.3 is 29.6 Å². The number of ether oxygens (including phenoxy) is 2. The minimum atomic E-state index is -1.13. The van der Waals surface area contributed by atoms with E-state index in [1.165, 1.54) is 40.2 Å². The summed E-state index contributed by atoms with van der Waals surface area (Å²) in [6.07, 6.45) is 8.65. The van der Waals surface area contributed by atoms with Gasteiger partial charge in [0.2, 0.25) is 22.3 Å². The SMILES string of the molecule is CC(=O)NCc1ccc2c(c1)c(C(=O)Oc1c(C)cc(C)cc1C)c1ccccc1[n+]2C.O=C([O-])c1ccccc1C1=c2cc3c4c(c2Oc2c1cc1c5c2CCCN5CCC1)CCC[N+]=4CCC3. The highest BCUT2D eigenvalue weighted by Gasteiger charge is 2.36. The van der Waals surface area contributed by atoms with E-state index in [4.69, 9.17) is 9.47 Å². The van der Waals surface area contributed by atoms with Crippen molar-refractivity contribution in [2.45, 2.75) is 85.6 Å². The fourth-order valence-electron chi connectivity index (χ4n) is 12.0. The van der Waals surface area contributed by atoms with Crippen LogP contribution < -0.4 is 44.5 Å². The second-order valence-corrected chi connectivity index (χ2v) is 19.5. The van der Waals surface area contributed by atoms with Crippen LogP contribution in [0.1, 0.15) is 109 Å². The molecule has 0 fully saturated rings. The van der Waals surface area contributed by atoms with Crippen molar-refractivity contribution >= 4 is 50.9 Å². The molecule has 7 aromatic rings. The van der Waals surface area contributed by atoms with Gasteiger partial charge in [-0.15, -0.1) is 0 Å². The maximum absolute atomic E-state index is 13.6. The maximum Gasteiger partial charge on any atom is 0.345 e. The zero-order valence-electron chi connectivity index (χ0n) is 40.1. The molecule has 0 radical (unpaired) electrons. The second-order valence-electron chi connectivity index (χ2n) is 19.5. The van der Waals surface area contributed by atoms with Gasteiger partial charge in [-0.2, -0.15) is 4.57 Å². The van der Waals surface area contributed by atoms with Crippen molar-refractivity contribution in [2.75, 3.05) is 31.1 Å². The molecule has 5 aliphatic heterocycles. The number of carboxylic acids is 1. The number of aryl methyl sites for hydroxylation is 6. The lowest BCUT2D eigenvalue weighted by Crippen LogP contribution is -2.45. The van der Waals surface area contributed by atoms with Crippen molar-refractivity contribution in [3.8, 4) is 17.2 Å². The molecule has 10 nitrogen and oxygen atoms in total. The molecule has 348 valence electrons. The average molecular weight is 918 g/mol. The molecule has 0 saturated carbocycles. The standard InChI is InChI=1S/C32H30N2O3.C27H26N2O3/c35-32(36)22-10-2-1-9-21(22)27-25-17-19-7-3-13-33-15-5-11-23(28(19)33)30(25)37-31-24-12-6-16-34-14-4-8-20(29(24)34)18-26(27)31;1-16-12-17(2)26(18(3)13-16)32-27(31)25-21-8-6-7-9-23(21)29(5)24-11-10-20(14-22(24)25)15-28-19(4)30/h1-2,9-10,17-18H,3-8,11-16H2;6-14H,15H2,1-5H3/p+1. The van der Waals surface area contributed by atoms with Crippen molar-refractivity contribution in [3.63, 3.8) is 0 Å². The molecule has 12 rings (SSSR count). The Bertz CT molecular complexity index is 3470. The summed E-state index contributed by atoms with van der Waals surface area (Å²) in [5.74, 6) is 0.877. The monoisotopic (exact) mass is 917 g/mol. The molecule has 5 aliphatic rings. The number of hydrogen-bond donors (Lipinski definition) is 1. The van der Waals surface area contributed by atoms with E-state index in [1.807, 2.05) is 94.5 Å². The van der Waals surface area contributed by atoms with Gasteiger partial charge in [-0.1, -0.05) is 60.2 Å². The number of carboxylic acid groups (broad SMARTS) is 1. The largest absolute Gasteiger partial charge is 0.545 e. The summed E-state index contributed by atoms with van der Waals surface area (Å²) in [5, 5.41) is 19.2. The molecular weight excluding hydrogens is 861 g/mol. The fourth-order valence-corrected chi connectivity index (χ4v) is 12.0. The number of rotatable bonds is 6. The van der Waals surface area contributed by atoms with E-state index in [1.54, 1.807) is 12.1 Å². The van der Waals surface area contributed by atoms with Crippen molar-refractivity contribution in [2.24, 2.45) is 7.05 Å². The zero-order chi connectivity index (χ0) is 47.7. The average Bonchev–Trinajstić information content (AvgIpc) is 3.34. The number of carbonyl (C=O) groups is 3. The molecule has 0 saturated heterocycles. The summed E-state index contributed by atoms with van der Waals surface area (Å²) >= 11 is 0. The zero-order valence-corrected chi connectivity index (χ0v) is 40.1. The van der Waals surface area contributed by atoms with Crippen LogP contribution in [-0.4, -0.2) is 44.0 Å². The minimum Gasteiger partial charge on any atom is -0.545 e. The van der Waals surface area contributed by atoms with Gasteiger partial charge in [-0.25, -0.2) is 9.37 Å². The first-order chi connectivity index (χ1) is 33.4. The number of nitrogens with one attached hydrogen (secondary N) is 1. The third kappa shape index (κ3) is 7.70. The Balaban J connectivity index is 0.000000153. The lowest BCUT2D eigenvalue weighted by atomic mass is 9.82. The smallest absolute Gasteiger partial charge is 0.345 e. The van der Waals surface area contributed by atoms with Gasteiger partial charge in [0.1, 0.15) is 37.4 Å². The highest BCUT2D eigenvalue weighted by molar-refractivity contribution is 6.13. The van der Waals surface area contributed by atoms with Gasteiger partial charge in [0.05, 0.1) is 27.9 Å². The topological polar surface area (TPSA) is 115 Å². The van der Waals surface area contributed by atoms with Crippen molar-refractivity contribution in [1.82, 2.24) is 9.89 Å². The van der Waals surface area contributed by atoms with Crippen molar-refractivity contribution < 1.29 is 33.5 Å². The lowest BCUT2D eigenvalue weighted by molar-refractivity contribution is -0.617. The Kier molecular flexibility index (Phi) is 11.3. The second kappa shape index (κ2) is 17.6. The molecule has 1 amide bonds. The number of carbonyl (C=O) groups excluding carboxylic acids is 3. The number of aromatic carboxylic acids is 1. The van der Waals surface area contributed by atoms with Crippen LogP contribution in [0, 0.1) is 20.8 Å². The third-order valence-corrected chi connectivity index (χ3v) is 14.9. The summed E-state index contributed by atoms with van der Waals surface area (Å²) in [5.41, 5.74) is 16.1. The van der Waals surface area contributed by atoms with E-state index in [2.05, 4.69) is 31.5 Å². The van der Waals surface area contributed by atoms with E-state index in [0.717, 1.165) is 155 Å². The van der Waals surface area contributed by atoms with E-state index in [0.29, 0.717) is 17.9 Å². The molecule has 0 spiro atoms. The molecule has 0 aliphatic carbocycles. The summed E-state index contributed by atoms with van der Waals surface area (Å²) in [4.78, 5) is 39.9. The number of amides is 1. The number of fused-ring (bicyclic) bond motifs is 6. The van der Waals surface area contributed by atoms with Crippen LogP contribution >= 0.6 is 0 Å². The van der Waals surface area contributed by atoms with Gasteiger partial charge in [0, 0.05) is 90.3 Å². The van der Waals surface area contributed by atoms with Crippen molar-refractivity contribution in [1.29, 1.82) is 0 Å². The highest BCUT2D eigenvalue weighted by atomic mass is 16.5. The summed E-state index contributed by atoms with van der Waals surface area (Å²) < 4.78 is 17.6. The van der Waals surface area contributed by atoms with Crippen LogP contribution in [-0.2, 0) is 44.1 Å². The van der Waals surface area contributed by atoms with Crippen LogP contribution in [0.25, 0.3) is 27.4 Å². The Morgan fingerprint density at radius 2 is 1.43 bits per heavy atom. The van der Waals surface area contributed by atoms with Crippen LogP contribution in [0.4, 0.5) is 5.69 Å². The van der Waals surface area contributed by atoms with E-state index in [-0.39, 0.29) is 11.5 Å². The minimum absolute atomic E-state index is 0.0980. The maximum atomic E-state index is 13.6. The first-order valence-corrected chi connectivity index (χ1v) is 24.6. The molecule has 0 unspecified atom stereocenters. The Morgan fingerprint density at radius 3 is 2.22 bits per heavy atom. The summed E-state index contributed by atoms with van der Waals surface area (Å²) in [7, 11) is 1.99. The third-order valence-electron chi connectivity index (χ3n) is 14.9. The van der Waals surface area contributed by atoms with Crippen molar-refractivity contribution in [3.05, 3.63) is 168 Å². The van der Waals surface area contributed by atoms with E-state index in [9.17, 15) is 19.5 Å².